The third-order valence-electron chi connectivity index (χ3n) is 4.08. The predicted octanol–water partition coefficient (Wildman–Crippen LogP) is -1.23. The Balaban J connectivity index is 1.77. The minimum atomic E-state index is -0.222. The molecule has 0 spiro atoms. The Labute approximate surface area is 158 Å². The van der Waals surface area contributed by atoms with E-state index in [4.69, 9.17) is 0 Å². The lowest BCUT2D eigenvalue weighted by molar-refractivity contribution is -0.896. The quantitative estimate of drug-likeness (QED) is 0.596. The summed E-state index contributed by atoms with van der Waals surface area (Å²) in [6, 6.07) is 0.159. The molecule has 0 unspecified atom stereocenters. The molecule has 1 aromatic rings. The van der Waals surface area contributed by atoms with E-state index in [-0.39, 0.29) is 23.4 Å². The number of nitrogens with zero attached hydrogens (tertiary/aromatic N) is 5. The van der Waals surface area contributed by atoms with Gasteiger partial charge in [-0.1, -0.05) is 11.8 Å². The van der Waals surface area contributed by atoms with Gasteiger partial charge in [-0.3, -0.25) is 9.59 Å². The van der Waals surface area contributed by atoms with Gasteiger partial charge in [-0.2, -0.15) is 0 Å². The summed E-state index contributed by atoms with van der Waals surface area (Å²) >= 11 is 1.37. The normalized spacial score (nSPS) is 16.2. The molecule has 1 aliphatic rings. The van der Waals surface area contributed by atoms with Crippen LogP contribution in [-0.4, -0.2) is 81.4 Å². The molecule has 2 N–H and O–H groups in total. The van der Waals surface area contributed by atoms with Crippen LogP contribution in [0.25, 0.3) is 0 Å². The topological polar surface area (TPSA) is 97.5 Å². The van der Waals surface area contributed by atoms with E-state index in [1.807, 2.05) is 39.5 Å². The van der Waals surface area contributed by atoms with Crippen LogP contribution in [0.3, 0.4) is 0 Å². The zero-order valence-electron chi connectivity index (χ0n) is 16.3. The van der Waals surface area contributed by atoms with Crippen LogP contribution in [0.1, 0.15) is 34.6 Å². The number of quaternary nitrogens is 1. The van der Waals surface area contributed by atoms with E-state index < -0.39 is 0 Å². The summed E-state index contributed by atoms with van der Waals surface area (Å²) in [5.74, 6) is 0.475. The standard InChI is InChI=1S/C16H29N7O2S/c1-12(2)17-13(24)10-21-6-8-22(9-7-21)14(25)11-26-15-18-19-20-23(15)16(3,4)5/h12H,6-11H2,1-5H3,(H,17,24)/p+1. The van der Waals surface area contributed by atoms with Gasteiger partial charge in [0.1, 0.15) is 0 Å². The maximum atomic E-state index is 12.5. The van der Waals surface area contributed by atoms with Crippen molar-refractivity contribution in [2.24, 2.45) is 0 Å². The lowest BCUT2D eigenvalue weighted by Crippen LogP contribution is -3.16. The van der Waals surface area contributed by atoms with Crippen LogP contribution >= 0.6 is 11.8 Å². The van der Waals surface area contributed by atoms with Crippen LogP contribution < -0.4 is 10.2 Å². The third kappa shape index (κ3) is 5.94. The van der Waals surface area contributed by atoms with Gasteiger partial charge in [0.05, 0.1) is 37.5 Å². The molecule has 0 aliphatic carbocycles. The number of rotatable bonds is 6. The van der Waals surface area contributed by atoms with Crippen LogP contribution in [0.5, 0.6) is 0 Å². The Hall–Kier alpha value is -1.68. The summed E-state index contributed by atoms with van der Waals surface area (Å²) in [6.45, 7) is 13.4. The molecule has 26 heavy (non-hydrogen) atoms. The summed E-state index contributed by atoms with van der Waals surface area (Å²) in [5.41, 5.74) is -0.222. The SMILES string of the molecule is CC(C)NC(=O)C[NH+]1CCN(C(=O)CSc2nnnn2C(C)(C)C)CC1. The molecule has 9 nitrogen and oxygen atoms in total. The first-order chi connectivity index (χ1) is 12.2. The van der Waals surface area contributed by atoms with Crippen molar-refractivity contribution in [3.8, 4) is 0 Å². The van der Waals surface area contributed by atoms with E-state index in [1.165, 1.54) is 16.7 Å². The van der Waals surface area contributed by atoms with E-state index in [0.717, 1.165) is 13.1 Å². The number of thioether (sulfide) groups is 1. The van der Waals surface area contributed by atoms with Gasteiger partial charge in [0.2, 0.25) is 11.1 Å². The second-order valence-corrected chi connectivity index (χ2v) is 8.81. The van der Waals surface area contributed by atoms with Crippen molar-refractivity contribution < 1.29 is 14.5 Å². The molecule has 0 aromatic carbocycles. The lowest BCUT2D eigenvalue weighted by atomic mass is 10.1. The van der Waals surface area contributed by atoms with E-state index in [1.54, 1.807) is 4.68 Å². The molecule has 10 heteroatoms. The molecule has 1 saturated heterocycles. The van der Waals surface area contributed by atoms with Crippen molar-refractivity contribution in [2.75, 3.05) is 38.5 Å². The Morgan fingerprint density at radius 1 is 1.27 bits per heavy atom. The van der Waals surface area contributed by atoms with Crippen molar-refractivity contribution in [1.29, 1.82) is 0 Å². The molecule has 0 atom stereocenters. The molecule has 0 bridgehead atoms. The first kappa shape index (κ1) is 20.6. The van der Waals surface area contributed by atoms with Gasteiger partial charge in [-0.25, -0.2) is 4.68 Å². The van der Waals surface area contributed by atoms with Crippen LogP contribution in [-0.2, 0) is 15.1 Å². The van der Waals surface area contributed by atoms with Gasteiger partial charge < -0.3 is 15.1 Å². The van der Waals surface area contributed by atoms with Gasteiger partial charge in [0, 0.05) is 6.04 Å². The van der Waals surface area contributed by atoms with Crippen molar-refractivity contribution in [1.82, 2.24) is 30.4 Å². The van der Waals surface area contributed by atoms with E-state index >= 15 is 0 Å². The van der Waals surface area contributed by atoms with Crippen LogP contribution in [0.2, 0.25) is 0 Å². The average Bonchev–Trinajstić information content (AvgIpc) is 3.01. The second-order valence-electron chi connectivity index (χ2n) is 7.86. The van der Waals surface area contributed by atoms with Gasteiger partial charge in [-0.05, 0) is 45.0 Å². The Morgan fingerprint density at radius 3 is 2.50 bits per heavy atom. The minimum absolute atomic E-state index is 0.0688. The second kappa shape index (κ2) is 8.81. The number of tetrazole rings is 1. The Kier molecular flexibility index (Phi) is 6.99. The van der Waals surface area contributed by atoms with Gasteiger partial charge in [-0.15, -0.1) is 5.10 Å². The highest BCUT2D eigenvalue weighted by molar-refractivity contribution is 7.99. The highest BCUT2D eigenvalue weighted by Gasteiger charge is 2.26. The van der Waals surface area contributed by atoms with Gasteiger partial charge >= 0.3 is 0 Å². The molecule has 2 heterocycles. The molecular weight excluding hydrogens is 354 g/mol. The fourth-order valence-electron chi connectivity index (χ4n) is 2.76. The summed E-state index contributed by atoms with van der Waals surface area (Å²) < 4.78 is 1.74. The molecule has 1 aliphatic heterocycles. The Bertz CT molecular complexity index is 618. The molecule has 0 saturated carbocycles. The smallest absolute Gasteiger partial charge is 0.275 e. The van der Waals surface area contributed by atoms with Crippen LogP contribution in [0, 0.1) is 0 Å². The number of carbonyl (C=O) groups is 2. The summed E-state index contributed by atoms with van der Waals surface area (Å²) in [4.78, 5) is 27.4. The molecule has 146 valence electrons. The number of hydrogen-bond donors (Lipinski definition) is 2. The van der Waals surface area contributed by atoms with Crippen molar-refractivity contribution >= 4 is 23.6 Å². The monoisotopic (exact) mass is 384 g/mol. The zero-order valence-corrected chi connectivity index (χ0v) is 17.1. The maximum absolute atomic E-state index is 12.5. The Morgan fingerprint density at radius 2 is 1.92 bits per heavy atom. The molecule has 1 fully saturated rings. The van der Waals surface area contributed by atoms with Crippen molar-refractivity contribution in [2.45, 2.75) is 51.4 Å². The fourth-order valence-corrected chi connectivity index (χ4v) is 3.72. The van der Waals surface area contributed by atoms with Crippen LogP contribution in [0.4, 0.5) is 0 Å². The summed E-state index contributed by atoms with van der Waals surface area (Å²) in [7, 11) is 0. The third-order valence-corrected chi connectivity index (χ3v) is 4.99. The predicted molar refractivity (Wildman–Crippen MR) is 99.0 cm³/mol. The largest absolute Gasteiger partial charge is 0.349 e. The first-order valence-corrected chi connectivity index (χ1v) is 9.97. The molecule has 0 radical (unpaired) electrons. The van der Waals surface area contributed by atoms with E-state index in [9.17, 15) is 9.59 Å². The highest BCUT2D eigenvalue weighted by atomic mass is 32.2. The maximum Gasteiger partial charge on any atom is 0.275 e. The number of hydrogen-bond acceptors (Lipinski definition) is 6. The summed E-state index contributed by atoms with van der Waals surface area (Å²) in [5, 5.41) is 15.3. The van der Waals surface area contributed by atoms with Crippen molar-refractivity contribution in [3.05, 3.63) is 0 Å². The first-order valence-electron chi connectivity index (χ1n) is 8.99. The van der Waals surface area contributed by atoms with Gasteiger partial charge in [0.15, 0.2) is 6.54 Å². The molecule has 1 aromatic heterocycles. The minimum Gasteiger partial charge on any atom is -0.349 e. The summed E-state index contributed by atoms with van der Waals surface area (Å²) in [6.07, 6.45) is 0. The molecular formula is C16H30N7O2S+. The molecule has 2 amide bonds. The number of piperazine rings is 1. The van der Waals surface area contributed by atoms with E-state index in [0.29, 0.717) is 30.5 Å². The molecule has 2 rings (SSSR count). The van der Waals surface area contributed by atoms with E-state index in [2.05, 4.69) is 20.8 Å². The zero-order chi connectivity index (χ0) is 19.3. The van der Waals surface area contributed by atoms with Crippen molar-refractivity contribution in [3.63, 3.8) is 0 Å². The highest BCUT2D eigenvalue weighted by Crippen LogP contribution is 2.21. The fraction of sp³-hybridized carbons (Fsp3) is 0.812. The number of nitrogens with one attached hydrogen (secondary N) is 2. The lowest BCUT2D eigenvalue weighted by Gasteiger charge is -2.32. The number of aromatic nitrogens is 4. The number of carbonyl (C=O) groups excluding carboxylic acids is 2. The average molecular weight is 385 g/mol. The number of amides is 2. The van der Waals surface area contributed by atoms with Crippen LogP contribution in [0.15, 0.2) is 5.16 Å². The van der Waals surface area contributed by atoms with Gasteiger partial charge in [0.25, 0.3) is 5.91 Å².